The number of aromatic nitrogens is 3. The van der Waals surface area contributed by atoms with Crippen molar-refractivity contribution < 1.29 is 18.6 Å². The Morgan fingerprint density at radius 1 is 1.50 bits per heavy atom. The van der Waals surface area contributed by atoms with Gasteiger partial charge in [0.2, 0.25) is 0 Å². The van der Waals surface area contributed by atoms with Crippen LogP contribution in [0.15, 0.2) is 30.9 Å². The fraction of sp³-hybridized carbons (Fsp3) is 0.500. The molecule has 1 aromatic carbocycles. The van der Waals surface area contributed by atoms with Gasteiger partial charge in [-0.3, -0.25) is 0 Å². The van der Waals surface area contributed by atoms with Crippen LogP contribution in [-0.2, 0) is 16.9 Å². The average Bonchev–Trinajstić information content (AvgIpc) is 3.20. The third-order valence-electron chi connectivity index (χ3n) is 4.22. The van der Waals surface area contributed by atoms with Gasteiger partial charge in [0.05, 0.1) is 13.2 Å². The molecule has 1 N–H and O–H groups in total. The zero-order valence-corrected chi connectivity index (χ0v) is 14.0. The predicted octanol–water partition coefficient (Wildman–Crippen LogP) is 2.35. The molecular weight excluding hydrogens is 336 g/mol. The van der Waals surface area contributed by atoms with Crippen molar-refractivity contribution in [2.24, 2.45) is 0 Å². The summed E-state index contributed by atoms with van der Waals surface area (Å²) in [5.74, 6) is -1.45. The van der Waals surface area contributed by atoms with E-state index in [1.165, 1.54) is 23.4 Å². The number of rotatable bonds is 6. The third-order valence-corrected chi connectivity index (χ3v) is 5.78. The molecule has 0 radical (unpaired) electrons. The predicted molar refractivity (Wildman–Crippen MR) is 86.6 cm³/mol. The van der Waals surface area contributed by atoms with E-state index in [1.807, 2.05) is 6.92 Å². The molecule has 130 valence electrons. The van der Waals surface area contributed by atoms with Crippen LogP contribution in [-0.4, -0.2) is 43.6 Å². The zero-order valence-electron chi connectivity index (χ0n) is 13.2. The van der Waals surface area contributed by atoms with Gasteiger partial charge in [0, 0.05) is 28.7 Å². The monoisotopic (exact) mass is 355 g/mol. The molecule has 0 spiro atoms. The van der Waals surface area contributed by atoms with Gasteiger partial charge < -0.3 is 9.84 Å². The SMILES string of the molecule is CC(SC1CCOC1)C(O)(Cn1cncn1)c1ccc(F)cc1F. The van der Waals surface area contributed by atoms with E-state index in [2.05, 4.69) is 10.1 Å². The number of halogens is 2. The number of aliphatic hydroxyl groups is 1. The highest BCUT2D eigenvalue weighted by atomic mass is 32.2. The minimum absolute atomic E-state index is 0.0251. The Bertz CT molecular complexity index is 680. The van der Waals surface area contributed by atoms with Crippen LogP contribution >= 0.6 is 11.8 Å². The molecule has 0 aliphatic carbocycles. The summed E-state index contributed by atoms with van der Waals surface area (Å²) in [6, 6.07) is 3.24. The van der Waals surface area contributed by atoms with Crippen LogP contribution in [0.4, 0.5) is 8.78 Å². The number of hydrogen-bond donors (Lipinski definition) is 1. The minimum atomic E-state index is -1.56. The van der Waals surface area contributed by atoms with E-state index in [0.717, 1.165) is 18.6 Å². The van der Waals surface area contributed by atoms with Crippen molar-refractivity contribution in [2.75, 3.05) is 13.2 Å². The molecule has 3 atom stereocenters. The molecule has 2 heterocycles. The second-order valence-corrected chi connectivity index (χ2v) is 7.55. The van der Waals surface area contributed by atoms with Crippen molar-refractivity contribution in [3.63, 3.8) is 0 Å². The summed E-state index contributed by atoms with van der Waals surface area (Å²) in [5.41, 5.74) is -1.50. The van der Waals surface area contributed by atoms with E-state index in [0.29, 0.717) is 13.2 Å². The van der Waals surface area contributed by atoms with Crippen molar-refractivity contribution >= 4 is 11.8 Å². The lowest BCUT2D eigenvalue weighted by Crippen LogP contribution is -2.42. The molecule has 0 amide bonds. The fourth-order valence-corrected chi connectivity index (χ4v) is 4.27. The van der Waals surface area contributed by atoms with Gasteiger partial charge in [0.1, 0.15) is 29.9 Å². The smallest absolute Gasteiger partial charge is 0.137 e. The molecule has 0 saturated carbocycles. The first-order valence-electron chi connectivity index (χ1n) is 7.72. The Morgan fingerprint density at radius 2 is 2.33 bits per heavy atom. The summed E-state index contributed by atoms with van der Waals surface area (Å²) in [4.78, 5) is 3.86. The number of ether oxygens (including phenoxy) is 1. The van der Waals surface area contributed by atoms with Gasteiger partial charge in [0.25, 0.3) is 0 Å². The van der Waals surface area contributed by atoms with Gasteiger partial charge >= 0.3 is 0 Å². The Hall–Kier alpha value is -1.51. The molecule has 2 aromatic rings. The van der Waals surface area contributed by atoms with E-state index in [4.69, 9.17) is 4.74 Å². The summed E-state index contributed by atoms with van der Waals surface area (Å²) in [5, 5.41) is 15.2. The first kappa shape index (κ1) is 17.3. The molecule has 1 aromatic heterocycles. The van der Waals surface area contributed by atoms with Crippen LogP contribution in [0.1, 0.15) is 18.9 Å². The van der Waals surface area contributed by atoms with E-state index in [1.54, 1.807) is 11.8 Å². The van der Waals surface area contributed by atoms with E-state index < -0.39 is 17.2 Å². The lowest BCUT2D eigenvalue weighted by molar-refractivity contribution is 0.0132. The Kier molecular flexibility index (Phi) is 5.17. The van der Waals surface area contributed by atoms with Gasteiger partial charge in [0.15, 0.2) is 0 Å². The van der Waals surface area contributed by atoms with Gasteiger partial charge in [-0.25, -0.2) is 18.4 Å². The molecule has 3 unspecified atom stereocenters. The molecule has 5 nitrogen and oxygen atoms in total. The van der Waals surface area contributed by atoms with Crippen molar-refractivity contribution in [1.82, 2.24) is 14.8 Å². The molecule has 1 aliphatic rings. The molecule has 1 saturated heterocycles. The van der Waals surface area contributed by atoms with E-state index >= 15 is 0 Å². The van der Waals surface area contributed by atoms with Crippen LogP contribution in [0.3, 0.4) is 0 Å². The standard InChI is InChI=1S/C16H19F2N3O2S/c1-11(24-13-4-5-23-7-13)16(22,8-21-10-19-9-20-21)14-3-2-12(17)6-15(14)18/h2-3,6,9-11,13,22H,4-5,7-8H2,1H3. The molecule has 24 heavy (non-hydrogen) atoms. The topological polar surface area (TPSA) is 60.2 Å². The molecule has 1 fully saturated rings. The highest BCUT2D eigenvalue weighted by molar-refractivity contribution is 8.00. The number of hydrogen-bond acceptors (Lipinski definition) is 5. The second kappa shape index (κ2) is 7.16. The maximum absolute atomic E-state index is 14.4. The van der Waals surface area contributed by atoms with Gasteiger partial charge in [-0.2, -0.15) is 5.10 Å². The van der Waals surface area contributed by atoms with Crippen molar-refractivity contribution in [1.29, 1.82) is 0 Å². The highest BCUT2D eigenvalue weighted by Crippen LogP contribution is 2.39. The summed E-state index contributed by atoms with van der Waals surface area (Å²) < 4.78 is 34.5. The molecule has 8 heteroatoms. The van der Waals surface area contributed by atoms with Crippen LogP contribution in [0.5, 0.6) is 0 Å². The Balaban J connectivity index is 1.92. The van der Waals surface area contributed by atoms with Crippen LogP contribution in [0.25, 0.3) is 0 Å². The third kappa shape index (κ3) is 3.60. The number of thioether (sulfide) groups is 1. The van der Waals surface area contributed by atoms with Crippen molar-refractivity contribution in [3.05, 3.63) is 48.1 Å². The summed E-state index contributed by atoms with van der Waals surface area (Å²) >= 11 is 1.55. The van der Waals surface area contributed by atoms with E-state index in [-0.39, 0.29) is 22.6 Å². The number of benzene rings is 1. The van der Waals surface area contributed by atoms with Crippen LogP contribution in [0.2, 0.25) is 0 Å². The maximum atomic E-state index is 14.4. The number of nitrogens with zero attached hydrogens (tertiary/aromatic N) is 3. The van der Waals surface area contributed by atoms with Gasteiger partial charge in [-0.05, 0) is 12.5 Å². The second-order valence-electron chi connectivity index (χ2n) is 5.91. The normalized spacial score (nSPS) is 21.6. The first-order valence-corrected chi connectivity index (χ1v) is 8.67. The molecule has 1 aliphatic heterocycles. The molecular formula is C16H19F2N3O2S. The lowest BCUT2D eigenvalue weighted by atomic mass is 9.90. The van der Waals surface area contributed by atoms with E-state index in [9.17, 15) is 13.9 Å². The fourth-order valence-electron chi connectivity index (χ4n) is 2.86. The Labute approximate surface area is 143 Å². The zero-order chi connectivity index (χ0) is 17.2. The lowest BCUT2D eigenvalue weighted by Gasteiger charge is -2.35. The Morgan fingerprint density at radius 3 is 2.96 bits per heavy atom. The quantitative estimate of drug-likeness (QED) is 0.862. The summed E-state index contributed by atoms with van der Waals surface area (Å²) in [7, 11) is 0. The van der Waals surface area contributed by atoms with Crippen molar-refractivity contribution in [2.45, 2.75) is 36.0 Å². The summed E-state index contributed by atoms with van der Waals surface area (Å²) in [6.07, 6.45) is 3.70. The maximum Gasteiger partial charge on any atom is 0.137 e. The molecule has 0 bridgehead atoms. The summed E-state index contributed by atoms with van der Waals surface area (Å²) in [6.45, 7) is 3.16. The van der Waals surface area contributed by atoms with Gasteiger partial charge in [-0.15, -0.1) is 11.8 Å². The minimum Gasteiger partial charge on any atom is -0.382 e. The molecule has 3 rings (SSSR count). The van der Waals surface area contributed by atoms with Crippen LogP contribution in [0, 0.1) is 11.6 Å². The van der Waals surface area contributed by atoms with Crippen LogP contribution < -0.4 is 0 Å². The highest BCUT2D eigenvalue weighted by Gasteiger charge is 2.41. The van der Waals surface area contributed by atoms with Crippen molar-refractivity contribution in [3.8, 4) is 0 Å². The largest absolute Gasteiger partial charge is 0.382 e. The first-order chi connectivity index (χ1) is 11.5. The average molecular weight is 355 g/mol. The van der Waals surface area contributed by atoms with Gasteiger partial charge in [-0.1, -0.05) is 13.0 Å².